The number of amides is 3. The zero-order chi connectivity index (χ0) is 24.5. The highest BCUT2D eigenvalue weighted by molar-refractivity contribution is 6.39. The van der Waals surface area contributed by atoms with Crippen LogP contribution in [0.5, 0.6) is 5.75 Å². The topological polar surface area (TPSA) is 109 Å². The quantitative estimate of drug-likeness (QED) is 0.285. The number of hydrogen-bond acceptors (Lipinski definition) is 5. The van der Waals surface area contributed by atoms with E-state index in [0.29, 0.717) is 22.7 Å². The van der Waals surface area contributed by atoms with Crippen LogP contribution >= 0.6 is 0 Å². The fraction of sp³-hybridized carbons (Fsp3) is 0.154. The van der Waals surface area contributed by atoms with Crippen molar-refractivity contribution in [3.63, 3.8) is 0 Å². The minimum absolute atomic E-state index is 0.163. The number of carbonyl (C=O) groups is 3. The Balaban J connectivity index is 1.48. The lowest BCUT2D eigenvalue weighted by Crippen LogP contribution is -2.32. The van der Waals surface area contributed by atoms with E-state index in [0.717, 1.165) is 16.7 Å². The van der Waals surface area contributed by atoms with Crippen LogP contribution in [0.3, 0.4) is 0 Å². The third-order valence-corrected chi connectivity index (χ3v) is 4.88. The zero-order valence-corrected chi connectivity index (χ0v) is 19.2. The number of nitrogens with one attached hydrogen (secondary N) is 3. The molecule has 3 aromatic rings. The minimum Gasteiger partial charge on any atom is -0.484 e. The van der Waals surface area contributed by atoms with E-state index < -0.39 is 11.8 Å². The Kier molecular flexibility index (Phi) is 8.12. The number of aryl methyl sites for hydroxylation is 3. The molecule has 8 heteroatoms. The molecule has 0 radical (unpaired) electrons. The van der Waals surface area contributed by atoms with E-state index in [4.69, 9.17) is 4.74 Å². The van der Waals surface area contributed by atoms with E-state index >= 15 is 0 Å². The van der Waals surface area contributed by atoms with Crippen molar-refractivity contribution in [2.24, 2.45) is 5.10 Å². The lowest BCUT2D eigenvalue weighted by atomic mass is 10.1. The summed E-state index contributed by atoms with van der Waals surface area (Å²) in [5.41, 5.74) is 7.23. The standard InChI is InChI=1S/C26H26N4O4/c1-17-6-4-8-21(12-17)29-25(32)26(33)30-27-15-20-7-5-9-23(14-20)34-16-24(31)28-22-11-10-18(2)19(3)13-22/h4-15H,16H2,1-3H3,(H,28,31)(H,29,32)(H,30,33)/b27-15-. The molecule has 8 nitrogen and oxygen atoms in total. The van der Waals surface area contributed by atoms with Crippen molar-refractivity contribution in [1.29, 1.82) is 0 Å². The van der Waals surface area contributed by atoms with Crippen LogP contribution in [-0.4, -0.2) is 30.5 Å². The van der Waals surface area contributed by atoms with E-state index in [1.807, 2.05) is 45.0 Å². The molecule has 0 spiro atoms. The average molecular weight is 459 g/mol. The van der Waals surface area contributed by atoms with E-state index in [9.17, 15) is 14.4 Å². The fourth-order valence-electron chi connectivity index (χ4n) is 2.98. The molecule has 0 saturated carbocycles. The summed E-state index contributed by atoms with van der Waals surface area (Å²) >= 11 is 0. The van der Waals surface area contributed by atoms with Gasteiger partial charge >= 0.3 is 11.8 Å². The molecule has 0 saturated heterocycles. The predicted molar refractivity (Wildman–Crippen MR) is 132 cm³/mol. The fourth-order valence-corrected chi connectivity index (χ4v) is 2.98. The molecular weight excluding hydrogens is 432 g/mol. The Morgan fingerprint density at radius 3 is 2.35 bits per heavy atom. The highest BCUT2D eigenvalue weighted by Gasteiger charge is 2.12. The molecule has 0 fully saturated rings. The zero-order valence-electron chi connectivity index (χ0n) is 19.2. The minimum atomic E-state index is -0.895. The van der Waals surface area contributed by atoms with E-state index in [1.165, 1.54) is 6.21 Å². The number of benzene rings is 3. The lowest BCUT2D eigenvalue weighted by molar-refractivity contribution is -0.136. The molecular formula is C26H26N4O4. The second kappa shape index (κ2) is 11.4. The first-order valence-corrected chi connectivity index (χ1v) is 10.6. The summed E-state index contributed by atoms with van der Waals surface area (Å²) in [6.07, 6.45) is 1.37. The largest absolute Gasteiger partial charge is 0.484 e. The van der Waals surface area contributed by atoms with Gasteiger partial charge in [-0.25, -0.2) is 5.43 Å². The Morgan fingerprint density at radius 1 is 0.824 bits per heavy atom. The van der Waals surface area contributed by atoms with E-state index in [1.54, 1.807) is 42.5 Å². The SMILES string of the molecule is Cc1cccc(NC(=O)C(=O)N/N=C\c2cccc(OCC(=O)Nc3ccc(C)c(C)c3)c2)c1. The van der Waals surface area contributed by atoms with Gasteiger partial charge in [-0.1, -0.05) is 30.3 Å². The predicted octanol–water partition coefficient (Wildman–Crippen LogP) is 3.72. The van der Waals surface area contributed by atoms with Gasteiger partial charge in [0.05, 0.1) is 6.21 Å². The van der Waals surface area contributed by atoms with Crippen molar-refractivity contribution < 1.29 is 19.1 Å². The van der Waals surface area contributed by atoms with Crippen LogP contribution in [0.25, 0.3) is 0 Å². The van der Waals surface area contributed by atoms with Gasteiger partial charge in [0.25, 0.3) is 5.91 Å². The van der Waals surface area contributed by atoms with Gasteiger partial charge in [0.1, 0.15) is 5.75 Å². The van der Waals surface area contributed by atoms with Crippen molar-refractivity contribution in [3.05, 3.63) is 89.0 Å². The molecule has 0 aromatic heterocycles. The molecule has 0 heterocycles. The number of nitrogens with zero attached hydrogens (tertiary/aromatic N) is 1. The second-order valence-electron chi connectivity index (χ2n) is 7.73. The van der Waals surface area contributed by atoms with Crippen molar-refractivity contribution in [3.8, 4) is 5.75 Å². The number of ether oxygens (including phenoxy) is 1. The summed E-state index contributed by atoms with van der Waals surface area (Å²) in [5, 5.41) is 9.11. The van der Waals surface area contributed by atoms with Crippen LogP contribution in [0.4, 0.5) is 11.4 Å². The van der Waals surface area contributed by atoms with Crippen LogP contribution in [0.1, 0.15) is 22.3 Å². The van der Waals surface area contributed by atoms with Crippen LogP contribution in [-0.2, 0) is 14.4 Å². The Hall–Kier alpha value is -4.46. The summed E-state index contributed by atoms with van der Waals surface area (Å²) in [5.74, 6) is -1.54. The van der Waals surface area contributed by atoms with E-state index in [2.05, 4.69) is 21.2 Å². The summed E-state index contributed by atoms with van der Waals surface area (Å²) in [4.78, 5) is 36.1. The molecule has 0 aliphatic rings. The maximum absolute atomic E-state index is 12.2. The van der Waals surface area contributed by atoms with E-state index in [-0.39, 0.29) is 12.5 Å². The number of rotatable bonds is 7. The normalized spacial score (nSPS) is 10.6. The first-order valence-electron chi connectivity index (χ1n) is 10.6. The highest BCUT2D eigenvalue weighted by atomic mass is 16.5. The van der Waals surface area contributed by atoms with Gasteiger partial charge in [0.2, 0.25) is 0 Å². The molecule has 0 aliphatic heterocycles. The van der Waals surface area contributed by atoms with Gasteiger partial charge in [-0.05, 0) is 79.4 Å². The molecule has 3 N–H and O–H groups in total. The maximum Gasteiger partial charge on any atom is 0.329 e. The van der Waals surface area contributed by atoms with Gasteiger partial charge < -0.3 is 15.4 Å². The molecule has 0 aliphatic carbocycles. The summed E-state index contributed by atoms with van der Waals surface area (Å²) < 4.78 is 5.55. The van der Waals surface area contributed by atoms with Crippen LogP contribution in [0, 0.1) is 20.8 Å². The third kappa shape index (κ3) is 7.30. The van der Waals surface area contributed by atoms with Gasteiger partial charge in [0.15, 0.2) is 6.61 Å². The Labute approximate surface area is 198 Å². The molecule has 34 heavy (non-hydrogen) atoms. The molecule has 174 valence electrons. The third-order valence-electron chi connectivity index (χ3n) is 4.88. The molecule has 0 unspecified atom stereocenters. The molecule has 3 aromatic carbocycles. The van der Waals surface area contributed by atoms with Crippen LogP contribution in [0.2, 0.25) is 0 Å². The number of carbonyl (C=O) groups excluding carboxylic acids is 3. The van der Waals surface area contributed by atoms with Crippen molar-refractivity contribution in [2.45, 2.75) is 20.8 Å². The lowest BCUT2D eigenvalue weighted by Gasteiger charge is -2.09. The van der Waals surface area contributed by atoms with Crippen molar-refractivity contribution >= 4 is 35.3 Å². The summed E-state index contributed by atoms with van der Waals surface area (Å²) in [6.45, 7) is 5.71. The van der Waals surface area contributed by atoms with Gasteiger partial charge in [-0.2, -0.15) is 5.10 Å². The highest BCUT2D eigenvalue weighted by Crippen LogP contribution is 2.15. The van der Waals surface area contributed by atoms with Gasteiger partial charge in [-0.15, -0.1) is 0 Å². The van der Waals surface area contributed by atoms with Gasteiger partial charge in [-0.3, -0.25) is 14.4 Å². The second-order valence-corrected chi connectivity index (χ2v) is 7.73. The molecule has 3 amide bonds. The molecule has 0 bridgehead atoms. The number of hydrogen-bond donors (Lipinski definition) is 3. The number of hydrazone groups is 1. The molecule has 0 atom stereocenters. The molecule has 3 rings (SSSR count). The Bertz CT molecular complexity index is 1240. The van der Waals surface area contributed by atoms with Crippen LogP contribution in [0.15, 0.2) is 71.8 Å². The summed E-state index contributed by atoms with van der Waals surface area (Å²) in [7, 11) is 0. The van der Waals surface area contributed by atoms with Gasteiger partial charge in [0, 0.05) is 11.4 Å². The first-order chi connectivity index (χ1) is 16.3. The summed E-state index contributed by atoms with van der Waals surface area (Å²) in [6, 6.07) is 19.6. The Morgan fingerprint density at radius 2 is 1.59 bits per heavy atom. The average Bonchev–Trinajstić information content (AvgIpc) is 2.80. The first kappa shape index (κ1) is 24.2. The van der Waals surface area contributed by atoms with Crippen molar-refractivity contribution in [2.75, 3.05) is 17.2 Å². The van der Waals surface area contributed by atoms with Crippen molar-refractivity contribution in [1.82, 2.24) is 5.43 Å². The van der Waals surface area contributed by atoms with Crippen LogP contribution < -0.4 is 20.8 Å². The number of anilines is 2. The monoisotopic (exact) mass is 458 g/mol. The maximum atomic E-state index is 12.2. The smallest absolute Gasteiger partial charge is 0.329 e.